The van der Waals surface area contributed by atoms with Crippen LogP contribution >= 0.6 is 0 Å². The molecule has 1 aromatic heterocycles. The minimum absolute atomic E-state index is 0.0642. The predicted molar refractivity (Wildman–Crippen MR) is 86.8 cm³/mol. The first kappa shape index (κ1) is 15.9. The van der Waals surface area contributed by atoms with Gasteiger partial charge in [0.25, 0.3) is 5.91 Å². The lowest BCUT2D eigenvalue weighted by Crippen LogP contribution is -2.12. The van der Waals surface area contributed by atoms with E-state index in [4.69, 9.17) is 0 Å². The van der Waals surface area contributed by atoms with Crippen molar-refractivity contribution in [2.24, 2.45) is 0 Å². The van der Waals surface area contributed by atoms with Crippen molar-refractivity contribution in [3.05, 3.63) is 83.4 Å². The van der Waals surface area contributed by atoms with E-state index >= 15 is 0 Å². The van der Waals surface area contributed by atoms with Crippen LogP contribution in [0.25, 0.3) is 0 Å². The van der Waals surface area contributed by atoms with Gasteiger partial charge in [0, 0.05) is 36.3 Å². The zero-order chi connectivity index (χ0) is 17.1. The monoisotopic (exact) mass is 327 g/mol. The van der Waals surface area contributed by atoms with E-state index in [1.165, 1.54) is 0 Å². The number of hydrogen-bond donors (Lipinski definition) is 1. The Hall–Kier alpha value is -3.02. The Morgan fingerprint density at radius 3 is 2.38 bits per heavy atom. The molecule has 0 atom stereocenters. The highest BCUT2D eigenvalue weighted by Crippen LogP contribution is 2.14. The number of carbonyl (C=O) groups is 1. The van der Waals surface area contributed by atoms with Gasteiger partial charge in [0.05, 0.1) is 0 Å². The van der Waals surface area contributed by atoms with Crippen LogP contribution < -0.4 is 5.32 Å². The average Bonchev–Trinajstić information content (AvgIpc) is 2.93. The number of aromatic nitrogens is 2. The fourth-order valence-corrected chi connectivity index (χ4v) is 2.35. The molecule has 1 amide bonds. The number of aryl methyl sites for hydroxylation is 1. The molecule has 0 saturated heterocycles. The Morgan fingerprint density at radius 2 is 1.79 bits per heavy atom. The number of benzene rings is 2. The van der Waals surface area contributed by atoms with E-state index < -0.39 is 17.5 Å². The number of halogens is 2. The lowest BCUT2D eigenvalue weighted by Gasteiger charge is -2.08. The SMILES string of the molecule is Cc1nccn1Cc1ccc(NC(=O)c2cc(F)cc(F)c2)cc1. The van der Waals surface area contributed by atoms with E-state index in [-0.39, 0.29) is 5.56 Å². The van der Waals surface area contributed by atoms with Crippen molar-refractivity contribution in [3.8, 4) is 0 Å². The van der Waals surface area contributed by atoms with E-state index in [0.29, 0.717) is 12.2 Å². The van der Waals surface area contributed by atoms with Gasteiger partial charge in [0.15, 0.2) is 0 Å². The van der Waals surface area contributed by atoms with Crippen molar-refractivity contribution in [1.29, 1.82) is 0 Å². The fraction of sp³-hybridized carbons (Fsp3) is 0.111. The quantitative estimate of drug-likeness (QED) is 0.793. The Morgan fingerprint density at radius 1 is 1.12 bits per heavy atom. The highest BCUT2D eigenvalue weighted by molar-refractivity contribution is 6.04. The number of rotatable bonds is 4. The Balaban J connectivity index is 1.69. The topological polar surface area (TPSA) is 46.9 Å². The van der Waals surface area contributed by atoms with Gasteiger partial charge in [0.1, 0.15) is 17.5 Å². The highest BCUT2D eigenvalue weighted by Gasteiger charge is 2.09. The predicted octanol–water partition coefficient (Wildman–Crippen LogP) is 3.77. The first-order valence-corrected chi connectivity index (χ1v) is 7.35. The highest BCUT2D eigenvalue weighted by atomic mass is 19.1. The summed E-state index contributed by atoms with van der Waals surface area (Å²) in [6.07, 6.45) is 3.63. The second kappa shape index (κ2) is 6.62. The first-order chi connectivity index (χ1) is 11.5. The Kier molecular flexibility index (Phi) is 4.37. The summed E-state index contributed by atoms with van der Waals surface area (Å²) >= 11 is 0. The van der Waals surface area contributed by atoms with Gasteiger partial charge in [-0.1, -0.05) is 12.1 Å². The van der Waals surface area contributed by atoms with Crippen molar-refractivity contribution >= 4 is 11.6 Å². The lowest BCUT2D eigenvalue weighted by atomic mass is 10.1. The smallest absolute Gasteiger partial charge is 0.255 e. The van der Waals surface area contributed by atoms with Gasteiger partial charge in [-0.05, 0) is 36.8 Å². The maximum atomic E-state index is 13.2. The van der Waals surface area contributed by atoms with Crippen LogP contribution in [0, 0.1) is 18.6 Å². The summed E-state index contributed by atoms with van der Waals surface area (Å²) in [6, 6.07) is 9.96. The molecule has 1 heterocycles. The van der Waals surface area contributed by atoms with Crippen LogP contribution in [0.2, 0.25) is 0 Å². The third-order valence-corrected chi connectivity index (χ3v) is 3.61. The van der Waals surface area contributed by atoms with Crippen molar-refractivity contribution in [3.63, 3.8) is 0 Å². The molecule has 24 heavy (non-hydrogen) atoms. The molecule has 0 aliphatic heterocycles. The molecule has 0 aliphatic carbocycles. The second-order valence-electron chi connectivity index (χ2n) is 5.41. The molecular weight excluding hydrogens is 312 g/mol. The molecule has 2 aromatic carbocycles. The first-order valence-electron chi connectivity index (χ1n) is 7.35. The number of nitrogens with one attached hydrogen (secondary N) is 1. The zero-order valence-corrected chi connectivity index (χ0v) is 13.0. The summed E-state index contributed by atoms with van der Waals surface area (Å²) in [5, 5.41) is 2.62. The summed E-state index contributed by atoms with van der Waals surface area (Å²) in [7, 11) is 0. The van der Waals surface area contributed by atoms with Crippen LogP contribution in [0.3, 0.4) is 0 Å². The van der Waals surface area contributed by atoms with Crippen molar-refractivity contribution < 1.29 is 13.6 Å². The number of anilines is 1. The Bertz CT molecular complexity index is 852. The summed E-state index contributed by atoms with van der Waals surface area (Å²) in [6.45, 7) is 2.60. The van der Waals surface area contributed by atoms with Crippen LogP contribution in [0.4, 0.5) is 14.5 Å². The van der Waals surface area contributed by atoms with Gasteiger partial charge >= 0.3 is 0 Å². The van der Waals surface area contributed by atoms with Gasteiger partial charge in [-0.2, -0.15) is 0 Å². The normalized spacial score (nSPS) is 10.6. The molecule has 0 bridgehead atoms. The van der Waals surface area contributed by atoms with E-state index in [0.717, 1.165) is 29.6 Å². The van der Waals surface area contributed by atoms with Gasteiger partial charge in [0.2, 0.25) is 0 Å². The molecule has 0 saturated carbocycles. The minimum Gasteiger partial charge on any atom is -0.331 e. The summed E-state index contributed by atoms with van der Waals surface area (Å²) < 4.78 is 28.3. The molecule has 1 N–H and O–H groups in total. The van der Waals surface area contributed by atoms with Gasteiger partial charge in [-0.25, -0.2) is 13.8 Å². The molecular formula is C18H15F2N3O. The van der Waals surface area contributed by atoms with Crippen LogP contribution in [-0.2, 0) is 6.54 Å². The number of imidazole rings is 1. The largest absolute Gasteiger partial charge is 0.331 e. The maximum Gasteiger partial charge on any atom is 0.255 e. The van der Waals surface area contributed by atoms with Gasteiger partial charge in [-0.15, -0.1) is 0 Å². The summed E-state index contributed by atoms with van der Waals surface area (Å²) in [4.78, 5) is 16.2. The van der Waals surface area contributed by atoms with Crippen LogP contribution in [0.5, 0.6) is 0 Å². The van der Waals surface area contributed by atoms with Crippen molar-refractivity contribution in [2.75, 3.05) is 5.32 Å². The van der Waals surface area contributed by atoms with Crippen LogP contribution in [-0.4, -0.2) is 15.5 Å². The minimum atomic E-state index is -0.786. The number of hydrogen-bond acceptors (Lipinski definition) is 2. The number of amides is 1. The third kappa shape index (κ3) is 3.65. The second-order valence-corrected chi connectivity index (χ2v) is 5.41. The molecule has 3 rings (SSSR count). The van der Waals surface area contributed by atoms with Crippen LogP contribution in [0.1, 0.15) is 21.7 Å². The summed E-state index contributed by atoms with van der Waals surface area (Å²) in [5.74, 6) is -1.22. The van der Waals surface area contributed by atoms with E-state index in [1.807, 2.05) is 29.8 Å². The number of carbonyl (C=O) groups excluding carboxylic acids is 1. The van der Waals surface area contributed by atoms with E-state index in [2.05, 4.69) is 10.3 Å². The van der Waals surface area contributed by atoms with E-state index in [9.17, 15) is 13.6 Å². The molecule has 3 aromatic rings. The Labute approximate surface area is 137 Å². The zero-order valence-electron chi connectivity index (χ0n) is 13.0. The summed E-state index contributed by atoms with van der Waals surface area (Å²) in [5.41, 5.74) is 1.53. The molecule has 0 aliphatic rings. The van der Waals surface area contributed by atoms with Crippen molar-refractivity contribution in [1.82, 2.24) is 9.55 Å². The molecule has 0 unspecified atom stereocenters. The lowest BCUT2D eigenvalue weighted by molar-refractivity contribution is 0.102. The van der Waals surface area contributed by atoms with E-state index in [1.54, 1.807) is 18.3 Å². The molecule has 122 valence electrons. The standard InChI is InChI=1S/C18H15F2N3O/c1-12-21-6-7-23(12)11-13-2-4-17(5-3-13)22-18(24)14-8-15(19)10-16(20)9-14/h2-10H,11H2,1H3,(H,22,24). The average molecular weight is 327 g/mol. The molecule has 0 spiro atoms. The van der Waals surface area contributed by atoms with Gasteiger partial charge in [-0.3, -0.25) is 4.79 Å². The molecule has 4 nitrogen and oxygen atoms in total. The fourth-order valence-electron chi connectivity index (χ4n) is 2.35. The van der Waals surface area contributed by atoms with Crippen LogP contribution in [0.15, 0.2) is 54.9 Å². The molecule has 0 radical (unpaired) electrons. The molecule has 6 heteroatoms. The third-order valence-electron chi connectivity index (χ3n) is 3.61. The maximum absolute atomic E-state index is 13.2. The van der Waals surface area contributed by atoms with Crippen molar-refractivity contribution in [2.45, 2.75) is 13.5 Å². The number of nitrogens with zero attached hydrogens (tertiary/aromatic N) is 2. The molecule has 0 fully saturated rings. The van der Waals surface area contributed by atoms with Gasteiger partial charge < -0.3 is 9.88 Å².